The number of halogens is 3. The molecular weight excluding hydrogens is 412 g/mol. The monoisotopic (exact) mass is 412 g/mol. The van der Waals surface area contributed by atoms with E-state index in [4.69, 9.17) is 4.42 Å². The van der Waals surface area contributed by atoms with Gasteiger partial charge in [0.25, 0.3) is 0 Å². The molecule has 6 heteroatoms. The lowest BCUT2D eigenvalue weighted by molar-refractivity contribution is 0.101. The molecule has 0 aromatic carbocycles. The fraction of sp³-hybridized carbons (Fsp3) is 0. The molecule has 2 nitrogen and oxygen atoms in total. The number of carbonyl (C=O) groups is 1. The van der Waals surface area contributed by atoms with Gasteiger partial charge < -0.3 is 4.42 Å². The zero-order chi connectivity index (χ0) is 11.0. The van der Waals surface area contributed by atoms with Gasteiger partial charge in [-0.25, -0.2) is 0 Å². The third-order valence-electron chi connectivity index (χ3n) is 1.70. The van der Waals surface area contributed by atoms with Gasteiger partial charge in [0, 0.05) is 0 Å². The number of hydrogen-bond acceptors (Lipinski definition) is 3. The van der Waals surface area contributed by atoms with Gasteiger partial charge in [-0.15, -0.1) is 11.3 Å². The third-order valence-corrected chi connectivity index (χ3v) is 4.46. The second-order valence-corrected chi connectivity index (χ2v) is 7.20. The van der Waals surface area contributed by atoms with Gasteiger partial charge in [0.15, 0.2) is 10.4 Å². The van der Waals surface area contributed by atoms with E-state index in [1.165, 1.54) is 11.3 Å². The molecule has 2 aromatic rings. The predicted molar refractivity (Wildman–Crippen MR) is 69.6 cm³/mol. The number of hydrogen-bond donors (Lipinski definition) is 0. The molecule has 2 aromatic heterocycles. The Bertz CT molecular complexity index is 515. The lowest BCUT2D eigenvalue weighted by Gasteiger charge is -1.93. The van der Waals surface area contributed by atoms with Crippen LogP contribution < -0.4 is 0 Å². The maximum Gasteiger partial charge on any atom is 0.230 e. The molecule has 2 heterocycles. The standard InChI is InChI=1S/C9H3Br3O2S/c10-6-2-1-5(14-6)8(13)4-3-7(11)15-9(4)12/h1-3H. The van der Waals surface area contributed by atoms with Crippen molar-refractivity contribution in [3.8, 4) is 0 Å². The smallest absolute Gasteiger partial charge is 0.230 e. The number of carbonyl (C=O) groups excluding carboxylic acids is 1. The molecule has 0 saturated carbocycles. The molecule has 0 N–H and O–H groups in total. The average Bonchev–Trinajstić information content (AvgIpc) is 2.71. The van der Waals surface area contributed by atoms with Gasteiger partial charge >= 0.3 is 0 Å². The van der Waals surface area contributed by atoms with Gasteiger partial charge in [0.05, 0.1) is 13.1 Å². The predicted octanol–water partition coefficient (Wildman–Crippen LogP) is 4.86. The van der Waals surface area contributed by atoms with Gasteiger partial charge in [-0.1, -0.05) is 0 Å². The molecule has 2 rings (SSSR count). The number of furan rings is 1. The molecule has 0 unspecified atom stereocenters. The normalized spacial score (nSPS) is 10.6. The maximum absolute atomic E-state index is 11.9. The first-order valence-corrected chi connectivity index (χ1v) is 7.02. The molecule has 0 amide bonds. The van der Waals surface area contributed by atoms with Crippen LogP contribution in [0.2, 0.25) is 0 Å². The maximum atomic E-state index is 11.9. The van der Waals surface area contributed by atoms with Crippen LogP contribution in [0.25, 0.3) is 0 Å². The number of ketones is 1. The van der Waals surface area contributed by atoms with Crippen molar-refractivity contribution in [1.29, 1.82) is 0 Å². The second kappa shape index (κ2) is 4.53. The Morgan fingerprint density at radius 1 is 1.27 bits per heavy atom. The minimum absolute atomic E-state index is 0.130. The van der Waals surface area contributed by atoms with Crippen molar-refractivity contribution in [3.05, 3.63) is 41.8 Å². The summed E-state index contributed by atoms with van der Waals surface area (Å²) in [5, 5.41) is 0. The molecule has 0 radical (unpaired) electrons. The van der Waals surface area contributed by atoms with E-state index >= 15 is 0 Å². The lowest BCUT2D eigenvalue weighted by Crippen LogP contribution is -1.97. The highest BCUT2D eigenvalue weighted by Crippen LogP contribution is 2.33. The summed E-state index contributed by atoms with van der Waals surface area (Å²) in [6, 6.07) is 5.11. The van der Waals surface area contributed by atoms with Crippen molar-refractivity contribution in [3.63, 3.8) is 0 Å². The Labute approximate surface area is 115 Å². The summed E-state index contributed by atoms with van der Waals surface area (Å²) in [4.78, 5) is 11.9. The van der Waals surface area contributed by atoms with Crippen LogP contribution in [0.4, 0.5) is 0 Å². The van der Waals surface area contributed by atoms with E-state index in [1.54, 1.807) is 18.2 Å². The zero-order valence-electron chi connectivity index (χ0n) is 7.09. The fourth-order valence-corrected chi connectivity index (χ4v) is 4.16. The van der Waals surface area contributed by atoms with Gasteiger partial charge in [-0.3, -0.25) is 4.79 Å². The van der Waals surface area contributed by atoms with Crippen LogP contribution in [0.3, 0.4) is 0 Å². The summed E-state index contributed by atoms with van der Waals surface area (Å²) >= 11 is 11.3. The van der Waals surface area contributed by atoms with Crippen molar-refractivity contribution in [2.24, 2.45) is 0 Å². The van der Waals surface area contributed by atoms with E-state index in [2.05, 4.69) is 47.8 Å². The Hall–Kier alpha value is 0.0900. The minimum atomic E-state index is -0.130. The second-order valence-electron chi connectivity index (χ2n) is 2.67. The summed E-state index contributed by atoms with van der Waals surface area (Å²) < 4.78 is 7.46. The summed E-state index contributed by atoms with van der Waals surface area (Å²) in [6.07, 6.45) is 0. The molecule has 78 valence electrons. The molecule has 0 aliphatic heterocycles. The van der Waals surface area contributed by atoms with Crippen LogP contribution in [-0.2, 0) is 0 Å². The highest BCUT2D eigenvalue weighted by Gasteiger charge is 2.18. The minimum Gasteiger partial charge on any atom is -0.446 e. The lowest BCUT2D eigenvalue weighted by atomic mass is 10.2. The highest BCUT2D eigenvalue weighted by molar-refractivity contribution is 9.12. The summed E-state index contributed by atoms with van der Waals surface area (Å²) in [6.45, 7) is 0. The van der Waals surface area contributed by atoms with Crippen LogP contribution in [0.15, 0.2) is 34.9 Å². The molecule has 0 aliphatic rings. The van der Waals surface area contributed by atoms with E-state index in [0.717, 1.165) is 7.57 Å². The van der Waals surface area contributed by atoms with Gasteiger partial charge in [0.1, 0.15) is 0 Å². The van der Waals surface area contributed by atoms with Gasteiger partial charge in [-0.2, -0.15) is 0 Å². The molecule has 15 heavy (non-hydrogen) atoms. The molecular formula is C9H3Br3O2S. The van der Waals surface area contributed by atoms with Crippen LogP contribution in [0, 0.1) is 0 Å². The first kappa shape index (κ1) is 11.6. The Morgan fingerprint density at radius 3 is 2.47 bits per heavy atom. The number of rotatable bonds is 2. The molecule has 0 spiro atoms. The fourth-order valence-electron chi connectivity index (χ4n) is 1.06. The summed E-state index contributed by atoms with van der Waals surface area (Å²) in [5.74, 6) is 0.197. The van der Waals surface area contributed by atoms with Crippen LogP contribution in [0.1, 0.15) is 16.1 Å². The Morgan fingerprint density at radius 2 is 2.00 bits per heavy atom. The Balaban J connectivity index is 2.40. The van der Waals surface area contributed by atoms with Crippen molar-refractivity contribution in [2.75, 3.05) is 0 Å². The van der Waals surface area contributed by atoms with Crippen molar-refractivity contribution >= 4 is 64.9 Å². The molecule has 0 atom stereocenters. The first-order chi connectivity index (χ1) is 7.08. The van der Waals surface area contributed by atoms with E-state index in [-0.39, 0.29) is 5.78 Å². The van der Waals surface area contributed by atoms with E-state index in [9.17, 15) is 4.79 Å². The summed E-state index contributed by atoms with van der Waals surface area (Å²) in [7, 11) is 0. The topological polar surface area (TPSA) is 30.2 Å². The van der Waals surface area contributed by atoms with Gasteiger partial charge in [-0.05, 0) is 66.0 Å². The van der Waals surface area contributed by atoms with Crippen molar-refractivity contribution in [1.82, 2.24) is 0 Å². The quantitative estimate of drug-likeness (QED) is 0.657. The van der Waals surface area contributed by atoms with E-state index in [0.29, 0.717) is 16.0 Å². The zero-order valence-corrected chi connectivity index (χ0v) is 12.7. The average molecular weight is 415 g/mol. The van der Waals surface area contributed by atoms with E-state index < -0.39 is 0 Å². The highest BCUT2D eigenvalue weighted by atomic mass is 79.9. The van der Waals surface area contributed by atoms with Gasteiger partial charge in [0.2, 0.25) is 5.78 Å². The van der Waals surface area contributed by atoms with Crippen LogP contribution in [-0.4, -0.2) is 5.78 Å². The van der Waals surface area contributed by atoms with Crippen molar-refractivity contribution in [2.45, 2.75) is 0 Å². The third kappa shape index (κ3) is 2.43. The molecule has 0 saturated heterocycles. The molecule has 0 fully saturated rings. The van der Waals surface area contributed by atoms with Crippen LogP contribution >= 0.6 is 59.1 Å². The van der Waals surface area contributed by atoms with Crippen LogP contribution in [0.5, 0.6) is 0 Å². The van der Waals surface area contributed by atoms with Crippen molar-refractivity contribution < 1.29 is 9.21 Å². The molecule has 0 aliphatic carbocycles. The number of thiophene rings is 1. The SMILES string of the molecule is O=C(c1ccc(Br)o1)c1cc(Br)sc1Br. The van der Waals surface area contributed by atoms with E-state index in [1.807, 2.05) is 0 Å². The summed E-state index contributed by atoms with van der Waals surface area (Å²) in [5.41, 5.74) is 0.605. The molecule has 0 bridgehead atoms. The first-order valence-electron chi connectivity index (χ1n) is 3.83. The Kier molecular flexibility index (Phi) is 3.49. The largest absolute Gasteiger partial charge is 0.446 e.